The maximum atomic E-state index is 12.3. The third kappa shape index (κ3) is 4.54. The van der Waals surface area contributed by atoms with Crippen LogP contribution in [0.4, 0.5) is 0 Å². The molecular weight excluding hydrogens is 403 g/mol. The third-order valence-electron chi connectivity index (χ3n) is 3.94. The Kier molecular flexibility index (Phi) is 5.70. The zero-order chi connectivity index (χ0) is 18.0. The Bertz CT molecular complexity index is 876. The highest BCUT2D eigenvalue weighted by Gasteiger charge is 2.22. The predicted octanol–water partition coefficient (Wildman–Crippen LogP) is 3.31. The van der Waals surface area contributed by atoms with Gasteiger partial charge in [-0.05, 0) is 41.6 Å². The number of hydrogen-bond donors (Lipinski definition) is 1. The molecule has 9 heteroatoms. The highest BCUT2D eigenvalue weighted by atomic mass is 35.5. The molecule has 2 aromatic rings. The number of carbonyl (C=O) groups excluding carboxylic acids is 1. The van der Waals surface area contributed by atoms with Crippen molar-refractivity contribution in [3.63, 3.8) is 0 Å². The molecule has 0 bridgehead atoms. The molecule has 1 amide bonds. The van der Waals surface area contributed by atoms with Crippen LogP contribution in [-0.2, 0) is 27.8 Å². The quantitative estimate of drug-likeness (QED) is 0.809. The van der Waals surface area contributed by atoms with E-state index >= 15 is 0 Å². The minimum atomic E-state index is -3.76. The molecule has 0 aliphatic carbocycles. The van der Waals surface area contributed by atoms with Gasteiger partial charge in [-0.1, -0.05) is 23.2 Å². The van der Waals surface area contributed by atoms with Crippen molar-refractivity contribution in [3.05, 3.63) is 50.1 Å². The van der Waals surface area contributed by atoms with E-state index < -0.39 is 10.0 Å². The number of nitrogens with zero attached hydrogens (tertiary/aromatic N) is 1. The van der Waals surface area contributed by atoms with Crippen molar-refractivity contribution in [1.29, 1.82) is 0 Å². The number of fused-ring (bicyclic) bond motifs is 1. The van der Waals surface area contributed by atoms with Crippen LogP contribution in [-0.4, -0.2) is 32.3 Å². The van der Waals surface area contributed by atoms with E-state index in [1.807, 2.05) is 11.4 Å². The highest BCUT2D eigenvalue weighted by Crippen LogP contribution is 2.24. The number of nitrogens with one attached hydrogen (secondary N) is 1. The van der Waals surface area contributed by atoms with Gasteiger partial charge in [0.15, 0.2) is 0 Å². The molecule has 0 atom stereocenters. The lowest BCUT2D eigenvalue weighted by Gasteiger charge is -2.27. The van der Waals surface area contributed by atoms with Crippen LogP contribution in [0.5, 0.6) is 0 Å². The summed E-state index contributed by atoms with van der Waals surface area (Å²) in [5.74, 6) is -0.0660. The Morgan fingerprint density at radius 1 is 1.24 bits per heavy atom. The smallest absolute Gasteiger partial charge is 0.240 e. The summed E-state index contributed by atoms with van der Waals surface area (Å²) in [6.07, 6.45) is 0.957. The van der Waals surface area contributed by atoms with Crippen molar-refractivity contribution in [2.75, 3.05) is 13.1 Å². The maximum Gasteiger partial charge on any atom is 0.240 e. The SMILES string of the molecule is O=C(CCNS(=O)(=O)c1cc(Cl)cc(Cl)c1)N1CCc2sccc2C1. The van der Waals surface area contributed by atoms with Gasteiger partial charge in [0, 0.05) is 41.0 Å². The van der Waals surface area contributed by atoms with E-state index in [2.05, 4.69) is 4.72 Å². The van der Waals surface area contributed by atoms with Gasteiger partial charge in [-0.2, -0.15) is 0 Å². The van der Waals surface area contributed by atoms with Gasteiger partial charge in [0.1, 0.15) is 0 Å². The average molecular weight is 419 g/mol. The third-order valence-corrected chi connectivity index (χ3v) is 6.84. The van der Waals surface area contributed by atoms with E-state index in [1.165, 1.54) is 28.6 Å². The van der Waals surface area contributed by atoms with E-state index in [0.29, 0.717) is 13.1 Å². The van der Waals surface area contributed by atoms with Gasteiger partial charge < -0.3 is 4.90 Å². The van der Waals surface area contributed by atoms with Crippen LogP contribution >= 0.6 is 34.5 Å². The first-order chi connectivity index (χ1) is 11.8. The van der Waals surface area contributed by atoms with Crippen LogP contribution in [0.3, 0.4) is 0 Å². The first-order valence-corrected chi connectivity index (χ1v) is 10.8. The summed E-state index contributed by atoms with van der Waals surface area (Å²) in [6.45, 7) is 1.29. The topological polar surface area (TPSA) is 66.5 Å². The van der Waals surface area contributed by atoms with E-state index in [4.69, 9.17) is 23.2 Å². The summed E-state index contributed by atoms with van der Waals surface area (Å²) >= 11 is 13.4. The second-order valence-electron chi connectivity index (χ2n) is 5.69. The lowest BCUT2D eigenvalue weighted by molar-refractivity contribution is -0.131. The first-order valence-electron chi connectivity index (χ1n) is 7.64. The second-order valence-corrected chi connectivity index (χ2v) is 9.33. The van der Waals surface area contributed by atoms with E-state index in [9.17, 15) is 13.2 Å². The molecule has 2 heterocycles. The van der Waals surface area contributed by atoms with E-state index in [-0.39, 0.29) is 33.8 Å². The Labute approximate surface area is 160 Å². The molecule has 5 nitrogen and oxygen atoms in total. The van der Waals surface area contributed by atoms with Crippen LogP contribution in [0, 0.1) is 0 Å². The molecule has 0 saturated carbocycles. The molecular formula is C16H16Cl2N2O3S2. The number of rotatable bonds is 5. The molecule has 1 aliphatic heterocycles. The number of hydrogen-bond acceptors (Lipinski definition) is 4. The van der Waals surface area contributed by atoms with Gasteiger partial charge in [0.2, 0.25) is 15.9 Å². The van der Waals surface area contributed by atoms with E-state index in [1.54, 1.807) is 16.2 Å². The molecule has 0 spiro atoms. The number of sulfonamides is 1. The van der Waals surface area contributed by atoms with Crippen molar-refractivity contribution in [2.24, 2.45) is 0 Å². The molecule has 1 aromatic carbocycles. The van der Waals surface area contributed by atoms with Gasteiger partial charge in [-0.25, -0.2) is 13.1 Å². The number of carbonyl (C=O) groups is 1. The number of thiophene rings is 1. The Morgan fingerprint density at radius 2 is 1.96 bits per heavy atom. The highest BCUT2D eigenvalue weighted by molar-refractivity contribution is 7.89. The van der Waals surface area contributed by atoms with Gasteiger partial charge >= 0.3 is 0 Å². The van der Waals surface area contributed by atoms with Crippen LogP contribution in [0.2, 0.25) is 10.0 Å². The summed E-state index contributed by atoms with van der Waals surface area (Å²) in [5, 5.41) is 2.51. The summed E-state index contributed by atoms with van der Waals surface area (Å²) in [6, 6.07) is 6.13. The second kappa shape index (κ2) is 7.63. The maximum absolute atomic E-state index is 12.3. The molecule has 1 aliphatic rings. The summed E-state index contributed by atoms with van der Waals surface area (Å²) in [5.41, 5.74) is 1.18. The summed E-state index contributed by atoms with van der Waals surface area (Å²) < 4.78 is 27.0. The number of amides is 1. The minimum Gasteiger partial charge on any atom is -0.338 e. The van der Waals surface area contributed by atoms with Gasteiger partial charge in [0.05, 0.1) is 4.90 Å². The van der Waals surface area contributed by atoms with Crippen molar-refractivity contribution < 1.29 is 13.2 Å². The first kappa shape index (κ1) is 18.7. The fraction of sp³-hybridized carbons (Fsp3) is 0.312. The van der Waals surface area contributed by atoms with Crippen LogP contribution < -0.4 is 4.72 Å². The monoisotopic (exact) mass is 418 g/mol. The van der Waals surface area contributed by atoms with Gasteiger partial charge in [-0.3, -0.25) is 4.79 Å². The molecule has 1 N–H and O–H groups in total. The molecule has 0 radical (unpaired) electrons. The van der Waals surface area contributed by atoms with Gasteiger partial charge in [0.25, 0.3) is 0 Å². The molecule has 0 unspecified atom stereocenters. The number of benzene rings is 1. The molecule has 1 aromatic heterocycles. The zero-order valence-electron chi connectivity index (χ0n) is 13.2. The van der Waals surface area contributed by atoms with Gasteiger partial charge in [-0.15, -0.1) is 11.3 Å². The van der Waals surface area contributed by atoms with Crippen molar-refractivity contribution in [2.45, 2.75) is 24.3 Å². The molecule has 134 valence electrons. The zero-order valence-corrected chi connectivity index (χ0v) is 16.3. The molecule has 0 saturated heterocycles. The van der Waals surface area contributed by atoms with Crippen LogP contribution in [0.15, 0.2) is 34.5 Å². The standard InChI is InChI=1S/C16H16Cl2N2O3S2/c17-12-7-13(18)9-14(8-12)25(22,23)19-4-1-16(21)20-5-2-15-11(10-20)3-6-24-15/h3,6-9,19H,1-2,4-5,10H2. The molecule has 0 fully saturated rings. The Balaban J connectivity index is 1.56. The Hall–Kier alpha value is -1.12. The number of halogens is 2. The molecule has 25 heavy (non-hydrogen) atoms. The van der Waals surface area contributed by atoms with Crippen molar-refractivity contribution in [3.8, 4) is 0 Å². The molecule has 3 rings (SSSR count). The minimum absolute atomic E-state index is 0.0154. The summed E-state index contributed by atoms with van der Waals surface area (Å²) in [7, 11) is -3.76. The van der Waals surface area contributed by atoms with Crippen molar-refractivity contribution >= 4 is 50.5 Å². The average Bonchev–Trinajstić information content (AvgIpc) is 3.01. The Morgan fingerprint density at radius 3 is 2.68 bits per heavy atom. The van der Waals surface area contributed by atoms with Crippen molar-refractivity contribution in [1.82, 2.24) is 9.62 Å². The summed E-state index contributed by atoms with van der Waals surface area (Å²) in [4.78, 5) is 15.4. The fourth-order valence-electron chi connectivity index (χ4n) is 2.68. The normalized spacial score (nSPS) is 14.4. The predicted molar refractivity (Wildman–Crippen MR) is 99.7 cm³/mol. The lowest BCUT2D eigenvalue weighted by Crippen LogP contribution is -2.37. The largest absolute Gasteiger partial charge is 0.338 e. The van der Waals surface area contributed by atoms with E-state index in [0.717, 1.165) is 6.42 Å². The van der Waals surface area contributed by atoms with Crippen LogP contribution in [0.25, 0.3) is 0 Å². The lowest BCUT2D eigenvalue weighted by atomic mass is 10.1. The van der Waals surface area contributed by atoms with Crippen LogP contribution in [0.1, 0.15) is 16.9 Å². The fourth-order valence-corrected chi connectivity index (χ4v) is 5.33.